The first-order chi connectivity index (χ1) is 18.6. The molecule has 4 rings (SSSR count). The van der Waals surface area contributed by atoms with E-state index in [1.165, 1.54) is 6.20 Å². The van der Waals surface area contributed by atoms with Gasteiger partial charge in [0.15, 0.2) is 11.6 Å². The second-order valence-corrected chi connectivity index (χ2v) is 11.3. The average Bonchev–Trinajstić information content (AvgIpc) is 3.29. The summed E-state index contributed by atoms with van der Waals surface area (Å²) in [6.45, 7) is 3.00. The third-order valence-electron chi connectivity index (χ3n) is 5.95. The van der Waals surface area contributed by atoms with E-state index in [9.17, 15) is 17.6 Å². The number of H-pyrrole nitrogens is 1. The van der Waals surface area contributed by atoms with Gasteiger partial charge in [-0.05, 0) is 62.5 Å². The number of hydrogen-bond donors (Lipinski definition) is 2. The molecule has 11 heteroatoms. The Bertz CT molecular complexity index is 1600. The number of sulfonamides is 1. The standard InChI is InChI=1S/C28H30F2N4O4S/c1-4-12-39(36,37)33-23-9-8-22(29)26(27(23)30)25(35)14-18-13-20-16-24(32-28(20)31-17-18)19-6-5-7-21(15-19)38-11-10-34(2)3/h5-9,13,15-17,33H,4,10-12,14H2,1-3H3,(H,31,32). The molecule has 2 N–H and O–H groups in total. The Morgan fingerprint density at radius 3 is 2.67 bits per heavy atom. The van der Waals surface area contributed by atoms with Gasteiger partial charge in [-0.1, -0.05) is 19.1 Å². The quantitative estimate of drug-likeness (QED) is 0.237. The zero-order valence-electron chi connectivity index (χ0n) is 21.9. The summed E-state index contributed by atoms with van der Waals surface area (Å²) in [4.78, 5) is 22.6. The van der Waals surface area contributed by atoms with E-state index in [1.54, 1.807) is 13.0 Å². The normalized spacial score (nSPS) is 11.7. The number of Topliss-reactive ketones (excluding diaryl/α,β-unsaturated/α-hetero) is 1. The first-order valence-corrected chi connectivity index (χ1v) is 14.1. The van der Waals surface area contributed by atoms with Gasteiger partial charge < -0.3 is 14.6 Å². The van der Waals surface area contributed by atoms with E-state index in [1.807, 2.05) is 49.3 Å². The Balaban J connectivity index is 1.54. The van der Waals surface area contributed by atoms with Gasteiger partial charge >= 0.3 is 0 Å². The van der Waals surface area contributed by atoms with Crippen molar-refractivity contribution in [3.63, 3.8) is 0 Å². The largest absolute Gasteiger partial charge is 0.492 e. The van der Waals surface area contributed by atoms with Crippen LogP contribution in [0.2, 0.25) is 0 Å². The molecular weight excluding hydrogens is 526 g/mol. The fraction of sp³-hybridized carbons (Fsp3) is 0.286. The molecule has 8 nitrogen and oxygen atoms in total. The van der Waals surface area contributed by atoms with Crippen LogP contribution < -0.4 is 9.46 Å². The van der Waals surface area contributed by atoms with Gasteiger partial charge in [-0.15, -0.1) is 0 Å². The maximum atomic E-state index is 15.0. The number of halogens is 2. The molecule has 0 amide bonds. The van der Waals surface area contributed by atoms with Crippen LogP contribution in [0.5, 0.6) is 5.75 Å². The molecule has 2 aromatic carbocycles. The summed E-state index contributed by atoms with van der Waals surface area (Å²) in [5, 5.41) is 0.719. The molecule has 0 aliphatic carbocycles. The number of likely N-dealkylation sites (N-methyl/N-ethyl adjacent to an activating group) is 1. The van der Waals surface area contributed by atoms with Crippen LogP contribution in [0.4, 0.5) is 14.5 Å². The fourth-order valence-corrected chi connectivity index (χ4v) is 5.19. The van der Waals surface area contributed by atoms with Crippen molar-refractivity contribution >= 4 is 32.5 Å². The van der Waals surface area contributed by atoms with E-state index in [0.717, 1.165) is 41.1 Å². The lowest BCUT2D eigenvalue weighted by atomic mass is 10.0. The SMILES string of the molecule is CCCS(=O)(=O)Nc1ccc(F)c(C(=O)Cc2cnc3[nH]c(-c4cccc(OCCN(C)C)c4)cc3c2)c1F. The van der Waals surface area contributed by atoms with E-state index in [4.69, 9.17) is 4.74 Å². The zero-order valence-corrected chi connectivity index (χ0v) is 22.7. The van der Waals surface area contributed by atoms with Gasteiger partial charge in [-0.25, -0.2) is 22.2 Å². The minimum atomic E-state index is -3.82. The molecular formula is C28H30F2N4O4S. The van der Waals surface area contributed by atoms with Crippen LogP contribution in [0.25, 0.3) is 22.3 Å². The number of ether oxygens (including phenoxy) is 1. The smallest absolute Gasteiger partial charge is 0.232 e. The highest BCUT2D eigenvalue weighted by Crippen LogP contribution is 2.28. The Labute approximate surface area is 226 Å². The van der Waals surface area contributed by atoms with Crippen LogP contribution in [0.15, 0.2) is 54.7 Å². The topological polar surface area (TPSA) is 104 Å². The first kappa shape index (κ1) is 28.2. The molecule has 0 saturated carbocycles. The fourth-order valence-electron chi connectivity index (χ4n) is 4.06. The molecule has 0 saturated heterocycles. The molecule has 39 heavy (non-hydrogen) atoms. The van der Waals surface area contributed by atoms with Gasteiger partial charge in [0.05, 0.1) is 17.0 Å². The number of anilines is 1. The van der Waals surface area contributed by atoms with Crippen molar-refractivity contribution < 1.29 is 26.7 Å². The van der Waals surface area contributed by atoms with Gasteiger partial charge in [-0.2, -0.15) is 0 Å². The van der Waals surface area contributed by atoms with Crippen LogP contribution in [-0.2, 0) is 16.4 Å². The molecule has 0 fully saturated rings. The number of hydrogen-bond acceptors (Lipinski definition) is 6. The zero-order chi connectivity index (χ0) is 28.2. The van der Waals surface area contributed by atoms with Crippen molar-refractivity contribution in [3.8, 4) is 17.0 Å². The minimum Gasteiger partial charge on any atom is -0.492 e. The van der Waals surface area contributed by atoms with E-state index in [-0.39, 0.29) is 12.2 Å². The van der Waals surface area contributed by atoms with Crippen molar-refractivity contribution in [2.75, 3.05) is 37.7 Å². The number of aromatic nitrogens is 2. The second kappa shape index (κ2) is 11.9. The number of nitrogens with one attached hydrogen (secondary N) is 2. The molecule has 0 radical (unpaired) electrons. The predicted molar refractivity (Wildman–Crippen MR) is 148 cm³/mol. The average molecular weight is 557 g/mol. The lowest BCUT2D eigenvalue weighted by Crippen LogP contribution is -2.19. The Morgan fingerprint density at radius 2 is 1.92 bits per heavy atom. The van der Waals surface area contributed by atoms with Gasteiger partial charge in [0.25, 0.3) is 0 Å². The number of fused-ring (bicyclic) bond motifs is 1. The summed E-state index contributed by atoms with van der Waals surface area (Å²) in [5.74, 6) is -2.64. The Hall–Kier alpha value is -3.83. The van der Waals surface area contributed by atoms with Gasteiger partial charge in [0.1, 0.15) is 23.8 Å². The summed E-state index contributed by atoms with van der Waals surface area (Å²) in [6.07, 6.45) is 1.46. The molecule has 0 spiro atoms. The number of pyridine rings is 1. The molecule has 2 aromatic heterocycles. The maximum absolute atomic E-state index is 15.0. The van der Waals surface area contributed by atoms with Gasteiger partial charge in [0, 0.05) is 35.8 Å². The molecule has 0 aliphatic heterocycles. The van der Waals surface area contributed by atoms with Crippen molar-refractivity contribution in [2.45, 2.75) is 19.8 Å². The van der Waals surface area contributed by atoms with Crippen molar-refractivity contribution in [3.05, 3.63) is 77.5 Å². The predicted octanol–water partition coefficient (Wildman–Crippen LogP) is 5.03. The van der Waals surface area contributed by atoms with Gasteiger partial charge in [-0.3, -0.25) is 9.52 Å². The minimum absolute atomic E-state index is 0.231. The molecule has 4 aromatic rings. The first-order valence-electron chi connectivity index (χ1n) is 12.4. The molecule has 0 bridgehead atoms. The summed E-state index contributed by atoms with van der Waals surface area (Å²) in [5.41, 5.74) is 1.46. The lowest BCUT2D eigenvalue weighted by molar-refractivity contribution is 0.0985. The summed E-state index contributed by atoms with van der Waals surface area (Å²) in [6, 6.07) is 13.1. The van der Waals surface area contributed by atoms with Crippen LogP contribution in [0.1, 0.15) is 29.3 Å². The highest BCUT2D eigenvalue weighted by Gasteiger charge is 2.23. The van der Waals surface area contributed by atoms with E-state index in [0.29, 0.717) is 24.2 Å². The van der Waals surface area contributed by atoms with E-state index >= 15 is 4.39 Å². The second-order valence-electron chi connectivity index (χ2n) is 9.45. The summed E-state index contributed by atoms with van der Waals surface area (Å²) < 4.78 is 61.5. The molecule has 0 unspecified atom stereocenters. The Morgan fingerprint density at radius 1 is 1.13 bits per heavy atom. The van der Waals surface area contributed by atoms with Gasteiger partial charge in [0.2, 0.25) is 10.0 Å². The highest BCUT2D eigenvalue weighted by atomic mass is 32.2. The van der Waals surface area contributed by atoms with Crippen molar-refractivity contribution in [2.24, 2.45) is 0 Å². The van der Waals surface area contributed by atoms with Crippen LogP contribution >= 0.6 is 0 Å². The van der Waals surface area contributed by atoms with E-state index < -0.39 is 38.7 Å². The maximum Gasteiger partial charge on any atom is 0.232 e. The molecule has 206 valence electrons. The number of rotatable bonds is 12. The number of benzene rings is 2. The number of carbonyl (C=O) groups excluding carboxylic acids is 1. The van der Waals surface area contributed by atoms with Crippen LogP contribution in [0.3, 0.4) is 0 Å². The van der Waals surface area contributed by atoms with Crippen molar-refractivity contribution in [1.82, 2.24) is 14.9 Å². The number of aromatic amines is 1. The molecule has 0 atom stereocenters. The monoisotopic (exact) mass is 556 g/mol. The lowest BCUT2D eigenvalue weighted by Gasteiger charge is -2.11. The van der Waals surface area contributed by atoms with Crippen LogP contribution in [0, 0.1) is 11.6 Å². The number of carbonyl (C=O) groups is 1. The summed E-state index contributed by atoms with van der Waals surface area (Å²) in [7, 11) is 0.123. The summed E-state index contributed by atoms with van der Waals surface area (Å²) >= 11 is 0. The number of ketones is 1. The molecule has 2 heterocycles. The van der Waals surface area contributed by atoms with Crippen LogP contribution in [-0.4, -0.2) is 62.1 Å². The van der Waals surface area contributed by atoms with E-state index in [2.05, 4.69) is 14.7 Å². The third-order valence-corrected chi connectivity index (χ3v) is 7.43. The number of nitrogens with zero attached hydrogens (tertiary/aromatic N) is 2. The molecule has 0 aliphatic rings. The highest BCUT2D eigenvalue weighted by molar-refractivity contribution is 7.92. The third kappa shape index (κ3) is 6.98. The van der Waals surface area contributed by atoms with Crippen molar-refractivity contribution in [1.29, 1.82) is 0 Å². The Kier molecular flexibility index (Phi) is 8.61.